The van der Waals surface area contributed by atoms with Crippen molar-refractivity contribution in [3.05, 3.63) is 93.4 Å². The molecule has 172 valence electrons. The van der Waals surface area contributed by atoms with Crippen LogP contribution in [0.5, 0.6) is 0 Å². The van der Waals surface area contributed by atoms with E-state index in [1.165, 1.54) is 11.8 Å². The van der Waals surface area contributed by atoms with Crippen molar-refractivity contribution in [2.24, 2.45) is 5.10 Å². The SMILES string of the molecule is C/C(=N\NC(=O)CSc1nnc(-c2ccc(Cl)cc2)n1-c1ccc(Cl)cc1)c1ccccc1Cl. The minimum absolute atomic E-state index is 0.0889. The summed E-state index contributed by atoms with van der Waals surface area (Å²) >= 11 is 19.5. The fraction of sp³-hybridized carbons (Fsp3) is 0.0833. The van der Waals surface area contributed by atoms with E-state index in [2.05, 4.69) is 20.7 Å². The molecule has 0 spiro atoms. The second-order valence-corrected chi connectivity index (χ2v) is 9.35. The summed E-state index contributed by atoms with van der Waals surface area (Å²) in [5, 5.41) is 15.2. The largest absolute Gasteiger partial charge is 0.272 e. The topological polar surface area (TPSA) is 72.2 Å². The van der Waals surface area contributed by atoms with Gasteiger partial charge in [0.05, 0.1) is 11.5 Å². The molecule has 10 heteroatoms. The zero-order valence-corrected chi connectivity index (χ0v) is 21.0. The van der Waals surface area contributed by atoms with Crippen molar-refractivity contribution in [3.8, 4) is 17.1 Å². The normalized spacial score (nSPS) is 11.5. The first-order valence-corrected chi connectivity index (χ1v) is 12.2. The lowest BCUT2D eigenvalue weighted by molar-refractivity contribution is -0.118. The first-order valence-electron chi connectivity index (χ1n) is 10.1. The zero-order valence-electron chi connectivity index (χ0n) is 17.9. The van der Waals surface area contributed by atoms with Crippen LogP contribution in [0.15, 0.2) is 83.1 Å². The number of aromatic nitrogens is 3. The third-order valence-corrected chi connectivity index (χ3v) is 6.53. The number of hydrogen-bond acceptors (Lipinski definition) is 5. The molecule has 1 N–H and O–H groups in total. The number of halogens is 3. The number of thioether (sulfide) groups is 1. The maximum Gasteiger partial charge on any atom is 0.250 e. The molecule has 6 nitrogen and oxygen atoms in total. The van der Waals surface area contributed by atoms with E-state index >= 15 is 0 Å². The summed E-state index contributed by atoms with van der Waals surface area (Å²) in [5.41, 5.74) is 5.59. The fourth-order valence-corrected chi connectivity index (χ4v) is 4.36. The lowest BCUT2D eigenvalue weighted by atomic mass is 10.1. The first-order chi connectivity index (χ1) is 16.4. The smallest absolute Gasteiger partial charge is 0.250 e. The van der Waals surface area contributed by atoms with Gasteiger partial charge in [-0.05, 0) is 61.5 Å². The van der Waals surface area contributed by atoms with Crippen molar-refractivity contribution in [1.82, 2.24) is 20.2 Å². The second kappa shape index (κ2) is 11.1. The molecule has 4 rings (SSSR count). The Morgan fingerprint density at radius 3 is 2.26 bits per heavy atom. The number of amides is 1. The van der Waals surface area contributed by atoms with Crippen molar-refractivity contribution < 1.29 is 4.79 Å². The molecule has 0 saturated heterocycles. The average molecular weight is 531 g/mol. The van der Waals surface area contributed by atoms with Crippen molar-refractivity contribution in [2.75, 3.05) is 5.75 Å². The molecule has 3 aromatic carbocycles. The molecule has 0 radical (unpaired) electrons. The molecule has 1 amide bonds. The fourth-order valence-electron chi connectivity index (χ4n) is 3.10. The Bertz CT molecular complexity index is 1340. The molecule has 0 bridgehead atoms. The molecule has 4 aromatic rings. The highest BCUT2D eigenvalue weighted by atomic mass is 35.5. The van der Waals surface area contributed by atoms with Crippen LogP contribution in [0.25, 0.3) is 17.1 Å². The number of nitrogens with zero attached hydrogens (tertiary/aromatic N) is 4. The molecule has 0 saturated carbocycles. The standard InChI is InChI=1S/C24H18Cl3N5OS/c1-15(20-4-2-3-5-21(20)27)28-29-22(33)14-34-24-31-30-23(16-6-8-17(25)9-7-16)32(24)19-12-10-18(26)11-13-19/h2-13H,14H2,1H3,(H,29,33)/b28-15+. The molecule has 0 unspecified atom stereocenters. The van der Waals surface area contributed by atoms with Gasteiger partial charge in [0.2, 0.25) is 0 Å². The summed E-state index contributed by atoms with van der Waals surface area (Å²) < 4.78 is 1.87. The molecule has 0 aliphatic heterocycles. The molecular weight excluding hydrogens is 513 g/mol. The van der Waals surface area contributed by atoms with Gasteiger partial charge in [-0.25, -0.2) is 5.43 Å². The van der Waals surface area contributed by atoms with Gasteiger partial charge in [-0.2, -0.15) is 5.10 Å². The van der Waals surface area contributed by atoms with E-state index in [9.17, 15) is 4.79 Å². The zero-order chi connectivity index (χ0) is 24.1. The predicted octanol–water partition coefficient (Wildman–Crippen LogP) is 6.53. The summed E-state index contributed by atoms with van der Waals surface area (Å²) in [4.78, 5) is 12.5. The van der Waals surface area contributed by atoms with Crippen LogP contribution in [-0.2, 0) is 4.79 Å². The second-order valence-electron chi connectivity index (χ2n) is 7.13. The van der Waals surface area contributed by atoms with Crippen LogP contribution < -0.4 is 5.43 Å². The Labute approximate surface area is 215 Å². The number of hydrogen-bond donors (Lipinski definition) is 1. The number of rotatable bonds is 7. The maximum atomic E-state index is 12.5. The van der Waals surface area contributed by atoms with Gasteiger partial charge < -0.3 is 0 Å². The van der Waals surface area contributed by atoms with Gasteiger partial charge >= 0.3 is 0 Å². The van der Waals surface area contributed by atoms with Gasteiger partial charge in [0.1, 0.15) is 0 Å². The summed E-state index contributed by atoms with van der Waals surface area (Å²) in [7, 11) is 0. The summed E-state index contributed by atoms with van der Waals surface area (Å²) in [6.45, 7) is 1.78. The van der Waals surface area contributed by atoms with Crippen LogP contribution in [0.1, 0.15) is 12.5 Å². The van der Waals surface area contributed by atoms with E-state index in [4.69, 9.17) is 34.8 Å². The Kier molecular flexibility index (Phi) is 7.90. The summed E-state index contributed by atoms with van der Waals surface area (Å²) in [6.07, 6.45) is 0. The summed E-state index contributed by atoms with van der Waals surface area (Å²) in [6, 6.07) is 21.9. The monoisotopic (exact) mass is 529 g/mol. The Morgan fingerprint density at radius 2 is 1.59 bits per heavy atom. The van der Waals surface area contributed by atoms with Crippen molar-refractivity contribution in [3.63, 3.8) is 0 Å². The third-order valence-electron chi connectivity index (χ3n) is 4.76. The average Bonchev–Trinajstić information content (AvgIpc) is 3.26. The van der Waals surface area contributed by atoms with Crippen LogP contribution in [0.2, 0.25) is 15.1 Å². The number of benzene rings is 3. The Balaban J connectivity index is 1.54. The molecule has 0 atom stereocenters. The highest BCUT2D eigenvalue weighted by Gasteiger charge is 2.17. The molecule has 0 fully saturated rings. The van der Waals surface area contributed by atoms with Gasteiger partial charge in [-0.3, -0.25) is 9.36 Å². The van der Waals surface area contributed by atoms with Gasteiger partial charge in [-0.15, -0.1) is 10.2 Å². The lowest BCUT2D eigenvalue weighted by Crippen LogP contribution is -2.21. The highest BCUT2D eigenvalue weighted by molar-refractivity contribution is 7.99. The van der Waals surface area contributed by atoms with E-state index in [0.717, 1.165) is 16.8 Å². The summed E-state index contributed by atoms with van der Waals surface area (Å²) in [5.74, 6) is 0.427. The number of carbonyl (C=O) groups is 1. The van der Waals surface area contributed by atoms with Gasteiger partial charge in [0.25, 0.3) is 5.91 Å². The number of nitrogens with one attached hydrogen (secondary N) is 1. The molecule has 0 aliphatic rings. The molecule has 0 aliphatic carbocycles. The Hall–Kier alpha value is -2.84. The van der Waals surface area contributed by atoms with Crippen molar-refractivity contribution >= 4 is 58.2 Å². The molecule has 1 heterocycles. The van der Waals surface area contributed by atoms with Crippen LogP contribution in [-0.4, -0.2) is 32.1 Å². The van der Waals surface area contributed by atoms with Gasteiger partial charge in [0, 0.05) is 31.9 Å². The van der Waals surface area contributed by atoms with E-state index in [1.54, 1.807) is 37.3 Å². The molecular formula is C24H18Cl3N5OS. The first kappa shape index (κ1) is 24.3. The van der Waals surface area contributed by atoms with Crippen LogP contribution in [0.3, 0.4) is 0 Å². The van der Waals surface area contributed by atoms with Gasteiger partial charge in [-0.1, -0.05) is 64.8 Å². The highest BCUT2D eigenvalue weighted by Crippen LogP contribution is 2.29. The van der Waals surface area contributed by atoms with Gasteiger partial charge in [0.15, 0.2) is 11.0 Å². The maximum absolute atomic E-state index is 12.5. The minimum Gasteiger partial charge on any atom is -0.272 e. The van der Waals surface area contributed by atoms with E-state index in [0.29, 0.717) is 31.8 Å². The number of carbonyl (C=O) groups excluding carboxylic acids is 1. The minimum atomic E-state index is -0.282. The van der Waals surface area contributed by atoms with E-state index in [-0.39, 0.29) is 11.7 Å². The molecule has 34 heavy (non-hydrogen) atoms. The Morgan fingerprint density at radius 1 is 0.941 bits per heavy atom. The lowest BCUT2D eigenvalue weighted by Gasteiger charge is -2.10. The van der Waals surface area contributed by atoms with Crippen molar-refractivity contribution in [2.45, 2.75) is 12.1 Å². The van der Waals surface area contributed by atoms with Crippen LogP contribution in [0.4, 0.5) is 0 Å². The quantitative estimate of drug-likeness (QED) is 0.168. The molecule has 1 aromatic heterocycles. The van der Waals surface area contributed by atoms with Crippen LogP contribution in [0, 0.1) is 0 Å². The van der Waals surface area contributed by atoms with E-state index in [1.807, 2.05) is 47.0 Å². The predicted molar refractivity (Wildman–Crippen MR) is 139 cm³/mol. The van der Waals surface area contributed by atoms with Crippen molar-refractivity contribution in [1.29, 1.82) is 0 Å². The number of hydrazone groups is 1. The van der Waals surface area contributed by atoms with Crippen LogP contribution >= 0.6 is 46.6 Å². The van der Waals surface area contributed by atoms with E-state index < -0.39 is 0 Å². The third kappa shape index (κ3) is 5.80.